The Bertz CT molecular complexity index is 766. The summed E-state index contributed by atoms with van der Waals surface area (Å²) < 4.78 is 6.00. The maximum atomic E-state index is 12.7. The third kappa shape index (κ3) is 8.38. The van der Waals surface area contributed by atoms with Gasteiger partial charge in [0.15, 0.2) is 5.78 Å². The second-order valence-electron chi connectivity index (χ2n) is 7.73. The molecule has 2 atom stereocenters. The molecule has 2 aromatic carbocycles. The molecule has 2 aromatic rings. The molecule has 3 rings (SSSR count). The number of ether oxygens (including phenoxy) is 1. The predicted molar refractivity (Wildman–Crippen MR) is 133 cm³/mol. The first-order valence-corrected chi connectivity index (χ1v) is 10.9. The lowest BCUT2D eigenvalue weighted by molar-refractivity contribution is 0.0170. The number of hydrogen-bond acceptors (Lipinski definition) is 4. The van der Waals surface area contributed by atoms with Crippen LogP contribution in [0.15, 0.2) is 54.6 Å². The van der Waals surface area contributed by atoms with Crippen LogP contribution in [0.1, 0.15) is 35.9 Å². The summed E-state index contributed by atoms with van der Waals surface area (Å²) in [5.41, 5.74) is 1.97. The van der Waals surface area contributed by atoms with Gasteiger partial charge in [-0.3, -0.25) is 9.69 Å². The molecule has 4 nitrogen and oxygen atoms in total. The zero-order valence-corrected chi connectivity index (χ0v) is 20.6. The summed E-state index contributed by atoms with van der Waals surface area (Å²) >= 11 is 5.93. The van der Waals surface area contributed by atoms with Crippen molar-refractivity contribution >= 4 is 42.2 Å². The van der Waals surface area contributed by atoms with Crippen molar-refractivity contribution in [1.29, 1.82) is 0 Å². The fraction of sp³-hybridized carbons (Fsp3) is 0.458. The van der Waals surface area contributed by atoms with Crippen molar-refractivity contribution in [2.24, 2.45) is 5.92 Å². The number of benzene rings is 2. The molecule has 0 spiro atoms. The number of nitrogens with zero attached hydrogens (tertiary/aromatic N) is 2. The van der Waals surface area contributed by atoms with Crippen molar-refractivity contribution in [2.45, 2.75) is 20.0 Å². The first-order chi connectivity index (χ1) is 14.1. The second kappa shape index (κ2) is 14.1. The molecule has 1 aliphatic heterocycles. The Balaban J connectivity index is 0.00000240. The SMILES string of the molecule is CCOC(CN1CCN(CC(C)C(=O)c2ccc(Cl)cc2)CC1)c1ccccc1.Cl.Cl. The molecule has 0 bridgehead atoms. The van der Waals surface area contributed by atoms with Gasteiger partial charge in [-0.2, -0.15) is 0 Å². The third-order valence-electron chi connectivity index (χ3n) is 5.54. The normalized spacial score (nSPS) is 16.6. The van der Waals surface area contributed by atoms with Gasteiger partial charge in [-0.1, -0.05) is 48.9 Å². The van der Waals surface area contributed by atoms with Gasteiger partial charge in [-0.25, -0.2) is 0 Å². The molecule has 0 saturated carbocycles. The predicted octanol–water partition coefficient (Wildman–Crippen LogP) is 5.40. The highest BCUT2D eigenvalue weighted by Gasteiger charge is 2.24. The number of piperazine rings is 1. The first kappa shape index (κ1) is 27.9. The first-order valence-electron chi connectivity index (χ1n) is 10.5. The second-order valence-corrected chi connectivity index (χ2v) is 8.16. The molecule has 172 valence electrons. The van der Waals surface area contributed by atoms with Crippen LogP contribution in [0.5, 0.6) is 0 Å². The summed E-state index contributed by atoms with van der Waals surface area (Å²) in [5, 5.41) is 0.659. The minimum Gasteiger partial charge on any atom is -0.372 e. The van der Waals surface area contributed by atoms with Crippen LogP contribution in [-0.4, -0.2) is 61.5 Å². The zero-order chi connectivity index (χ0) is 20.6. The molecule has 1 heterocycles. The molecule has 0 N–H and O–H groups in total. The van der Waals surface area contributed by atoms with Gasteiger partial charge in [0.1, 0.15) is 0 Å². The van der Waals surface area contributed by atoms with Crippen molar-refractivity contribution < 1.29 is 9.53 Å². The molecule has 7 heteroatoms. The highest BCUT2D eigenvalue weighted by Crippen LogP contribution is 2.20. The van der Waals surface area contributed by atoms with Crippen LogP contribution in [0, 0.1) is 5.92 Å². The number of ketones is 1. The fourth-order valence-corrected chi connectivity index (χ4v) is 4.01. The van der Waals surface area contributed by atoms with Gasteiger partial charge >= 0.3 is 0 Å². The Morgan fingerprint density at radius 1 is 0.935 bits per heavy atom. The Hall–Kier alpha value is -1.14. The number of carbonyl (C=O) groups excluding carboxylic acids is 1. The lowest BCUT2D eigenvalue weighted by atomic mass is 9.98. The molecular weight excluding hydrogens is 455 g/mol. The summed E-state index contributed by atoms with van der Waals surface area (Å²) in [4.78, 5) is 17.5. The van der Waals surface area contributed by atoms with Gasteiger partial charge < -0.3 is 9.64 Å². The zero-order valence-electron chi connectivity index (χ0n) is 18.2. The van der Waals surface area contributed by atoms with E-state index in [4.69, 9.17) is 16.3 Å². The Morgan fingerprint density at radius 2 is 1.48 bits per heavy atom. The average Bonchev–Trinajstić information content (AvgIpc) is 2.75. The molecule has 2 unspecified atom stereocenters. The van der Waals surface area contributed by atoms with Crippen LogP contribution >= 0.6 is 36.4 Å². The average molecular weight is 488 g/mol. The van der Waals surface area contributed by atoms with E-state index in [1.807, 2.05) is 32.0 Å². The van der Waals surface area contributed by atoms with Gasteiger partial charge in [0.2, 0.25) is 0 Å². The highest BCUT2D eigenvalue weighted by molar-refractivity contribution is 6.30. The smallest absolute Gasteiger partial charge is 0.166 e. The Morgan fingerprint density at radius 3 is 2.03 bits per heavy atom. The third-order valence-corrected chi connectivity index (χ3v) is 5.79. The largest absolute Gasteiger partial charge is 0.372 e. The lowest BCUT2D eigenvalue weighted by Gasteiger charge is -2.37. The monoisotopic (exact) mass is 486 g/mol. The minimum absolute atomic E-state index is 0. The number of rotatable bonds is 9. The molecule has 1 fully saturated rings. The van der Waals surface area contributed by atoms with Crippen LogP contribution in [0.25, 0.3) is 0 Å². The van der Waals surface area contributed by atoms with E-state index >= 15 is 0 Å². The van der Waals surface area contributed by atoms with Gasteiger partial charge in [0.25, 0.3) is 0 Å². The fourth-order valence-electron chi connectivity index (χ4n) is 3.88. The topological polar surface area (TPSA) is 32.8 Å². The standard InChI is InChI=1S/C24H31ClN2O2.2ClH/c1-3-29-23(20-7-5-4-6-8-20)18-27-15-13-26(14-16-27)17-19(2)24(28)21-9-11-22(25)12-10-21;;/h4-12,19,23H,3,13-18H2,1-2H3;2*1H. The maximum Gasteiger partial charge on any atom is 0.166 e. The molecule has 0 aliphatic carbocycles. The summed E-state index contributed by atoms with van der Waals surface area (Å²) in [6.07, 6.45) is 0.109. The van der Waals surface area contributed by atoms with Crippen molar-refractivity contribution in [3.8, 4) is 0 Å². The van der Waals surface area contributed by atoms with Gasteiger partial charge in [0, 0.05) is 62.4 Å². The lowest BCUT2D eigenvalue weighted by Crippen LogP contribution is -2.49. The molecule has 0 aromatic heterocycles. The van der Waals surface area contributed by atoms with Crippen molar-refractivity contribution in [1.82, 2.24) is 9.80 Å². The van der Waals surface area contributed by atoms with Gasteiger partial charge in [-0.05, 0) is 36.8 Å². The van der Waals surface area contributed by atoms with Crippen LogP contribution in [-0.2, 0) is 4.74 Å². The highest BCUT2D eigenvalue weighted by atomic mass is 35.5. The van der Waals surface area contributed by atoms with Crippen LogP contribution < -0.4 is 0 Å². The van der Waals surface area contributed by atoms with Crippen LogP contribution in [0.3, 0.4) is 0 Å². The maximum absolute atomic E-state index is 12.7. The molecule has 0 radical (unpaired) electrons. The number of Topliss-reactive ketones (excluding diaryl/α,β-unsaturated/α-hetero) is 1. The van der Waals surface area contributed by atoms with Gasteiger partial charge in [-0.15, -0.1) is 24.8 Å². The molecule has 31 heavy (non-hydrogen) atoms. The summed E-state index contributed by atoms with van der Waals surface area (Å²) in [7, 11) is 0. The summed E-state index contributed by atoms with van der Waals surface area (Å²) in [5.74, 6) is 0.160. The van der Waals surface area contributed by atoms with Crippen LogP contribution in [0.4, 0.5) is 0 Å². The van der Waals surface area contributed by atoms with E-state index in [1.165, 1.54) is 5.56 Å². The van der Waals surface area contributed by atoms with Crippen molar-refractivity contribution in [3.05, 3.63) is 70.7 Å². The Kier molecular flexibility index (Phi) is 12.7. The summed E-state index contributed by atoms with van der Waals surface area (Å²) in [6, 6.07) is 17.6. The molecule has 1 saturated heterocycles. The number of carbonyl (C=O) groups is 1. The van der Waals surface area contributed by atoms with E-state index in [-0.39, 0.29) is 42.6 Å². The quantitative estimate of drug-likeness (QED) is 0.444. The molecular formula is C24H33Cl3N2O2. The number of halogens is 3. The van der Waals surface area contributed by atoms with E-state index in [0.717, 1.165) is 44.8 Å². The molecule has 1 aliphatic rings. The van der Waals surface area contributed by atoms with Gasteiger partial charge in [0.05, 0.1) is 6.10 Å². The Labute approximate surface area is 203 Å². The van der Waals surface area contributed by atoms with E-state index in [1.54, 1.807) is 12.1 Å². The number of hydrogen-bond donors (Lipinski definition) is 0. The van der Waals surface area contributed by atoms with E-state index in [2.05, 4.69) is 34.1 Å². The van der Waals surface area contributed by atoms with Crippen molar-refractivity contribution in [3.63, 3.8) is 0 Å². The van der Waals surface area contributed by atoms with E-state index in [0.29, 0.717) is 11.6 Å². The van der Waals surface area contributed by atoms with Crippen LogP contribution in [0.2, 0.25) is 5.02 Å². The van der Waals surface area contributed by atoms with E-state index in [9.17, 15) is 4.79 Å². The van der Waals surface area contributed by atoms with Crippen molar-refractivity contribution in [2.75, 3.05) is 45.9 Å². The van der Waals surface area contributed by atoms with E-state index < -0.39 is 0 Å². The summed E-state index contributed by atoms with van der Waals surface area (Å²) in [6.45, 7) is 10.4. The molecule has 0 amide bonds. The minimum atomic E-state index is -0.0248.